The molecule has 0 aliphatic carbocycles. The van der Waals surface area contributed by atoms with Gasteiger partial charge in [-0.3, -0.25) is 0 Å². The molecule has 13 heavy (non-hydrogen) atoms. The summed E-state index contributed by atoms with van der Waals surface area (Å²) in [6, 6.07) is 8.45. The first-order valence-corrected chi connectivity index (χ1v) is 4.33. The minimum absolute atomic E-state index is 0.122. The Morgan fingerprint density at radius 1 is 1.23 bits per heavy atom. The van der Waals surface area contributed by atoms with Crippen LogP contribution >= 0.6 is 0 Å². The highest BCUT2D eigenvalue weighted by Crippen LogP contribution is 2.00. The minimum Gasteiger partial charge on any atom is -0.394 e. The van der Waals surface area contributed by atoms with Crippen LogP contribution in [0.2, 0.25) is 0 Å². The smallest absolute Gasteiger partial charge is 0.0693 e. The van der Waals surface area contributed by atoms with E-state index in [4.69, 9.17) is 5.11 Å². The number of benzene rings is 1. The zero-order valence-electron chi connectivity index (χ0n) is 8.58. The number of aliphatic hydroxyl groups is 1. The number of aryl methyl sites for hydroxylation is 2. The summed E-state index contributed by atoms with van der Waals surface area (Å²) in [4.78, 5) is 0. The van der Waals surface area contributed by atoms with E-state index in [0.29, 0.717) is 6.61 Å². The van der Waals surface area contributed by atoms with E-state index in [9.17, 15) is 0 Å². The van der Waals surface area contributed by atoms with E-state index in [1.54, 1.807) is 7.11 Å². The number of aliphatic hydroxyl groups excluding tert-OH is 1. The molecule has 0 amide bonds. The third-order valence-electron chi connectivity index (χ3n) is 1.47. The first kappa shape index (κ1) is 12.1. The topological polar surface area (TPSA) is 29.5 Å². The van der Waals surface area contributed by atoms with Crippen molar-refractivity contribution in [2.75, 3.05) is 20.3 Å². The molecule has 0 aliphatic rings. The highest BCUT2D eigenvalue weighted by molar-refractivity contribution is 5.20. The van der Waals surface area contributed by atoms with Gasteiger partial charge < -0.3 is 9.84 Å². The molecule has 2 nitrogen and oxygen atoms in total. The van der Waals surface area contributed by atoms with Crippen LogP contribution in [-0.2, 0) is 4.74 Å². The molecule has 1 aromatic rings. The van der Waals surface area contributed by atoms with Gasteiger partial charge in [0.1, 0.15) is 0 Å². The Labute approximate surface area is 80.2 Å². The predicted molar refractivity (Wildman–Crippen MR) is 54.9 cm³/mol. The summed E-state index contributed by atoms with van der Waals surface area (Å²) in [6.45, 7) is 4.77. The number of methoxy groups -OCH3 is 1. The van der Waals surface area contributed by atoms with Crippen molar-refractivity contribution in [3.05, 3.63) is 35.4 Å². The van der Waals surface area contributed by atoms with Crippen molar-refractivity contribution in [3.8, 4) is 0 Å². The summed E-state index contributed by atoms with van der Waals surface area (Å²) in [6.07, 6.45) is 0. The summed E-state index contributed by atoms with van der Waals surface area (Å²) in [5.41, 5.74) is 2.68. The summed E-state index contributed by atoms with van der Waals surface area (Å²) < 4.78 is 4.44. The fraction of sp³-hybridized carbons (Fsp3) is 0.455. The number of ether oxygens (including phenoxy) is 1. The third-order valence-corrected chi connectivity index (χ3v) is 1.47. The lowest BCUT2D eigenvalue weighted by Crippen LogP contribution is -1.91. The molecule has 0 saturated heterocycles. The van der Waals surface area contributed by atoms with Gasteiger partial charge in [0.05, 0.1) is 13.2 Å². The summed E-state index contributed by atoms with van der Waals surface area (Å²) in [5.74, 6) is 0. The van der Waals surface area contributed by atoms with Crippen molar-refractivity contribution in [2.24, 2.45) is 0 Å². The van der Waals surface area contributed by atoms with E-state index >= 15 is 0 Å². The monoisotopic (exact) mass is 182 g/mol. The Bertz CT molecular complexity index is 202. The lowest BCUT2D eigenvalue weighted by Gasteiger charge is -1.90. The van der Waals surface area contributed by atoms with E-state index in [1.807, 2.05) is 0 Å². The van der Waals surface area contributed by atoms with E-state index in [2.05, 4.69) is 42.8 Å². The van der Waals surface area contributed by atoms with Crippen LogP contribution < -0.4 is 0 Å². The van der Waals surface area contributed by atoms with Gasteiger partial charge >= 0.3 is 0 Å². The van der Waals surface area contributed by atoms with Gasteiger partial charge in [-0.1, -0.05) is 35.4 Å². The maximum atomic E-state index is 7.94. The Hall–Kier alpha value is -0.860. The summed E-state index contributed by atoms with van der Waals surface area (Å²) in [5, 5.41) is 7.94. The highest BCUT2D eigenvalue weighted by Gasteiger charge is 1.80. The average molecular weight is 182 g/mol. The van der Waals surface area contributed by atoms with E-state index in [-0.39, 0.29) is 6.61 Å². The molecule has 1 rings (SSSR count). The van der Waals surface area contributed by atoms with Crippen LogP contribution in [-0.4, -0.2) is 25.4 Å². The molecule has 0 aromatic heterocycles. The van der Waals surface area contributed by atoms with Crippen molar-refractivity contribution >= 4 is 0 Å². The molecule has 0 saturated carbocycles. The first-order chi connectivity index (χ1) is 6.20. The normalized spacial score (nSPS) is 8.92. The zero-order valence-corrected chi connectivity index (χ0v) is 8.58. The summed E-state index contributed by atoms with van der Waals surface area (Å²) in [7, 11) is 1.55. The van der Waals surface area contributed by atoms with Gasteiger partial charge in [-0.2, -0.15) is 0 Å². The second kappa shape index (κ2) is 7.77. The predicted octanol–water partition coefficient (Wildman–Crippen LogP) is 1.93. The number of hydrogen-bond donors (Lipinski definition) is 1. The standard InChI is InChI=1S/C8H10.C3H8O2/c1-7-4-3-5-8(2)6-7;1-5-3-2-4/h3-6H,1-2H3;4H,2-3H2,1H3. The van der Waals surface area contributed by atoms with Crippen molar-refractivity contribution in [1.29, 1.82) is 0 Å². The first-order valence-electron chi connectivity index (χ1n) is 4.33. The fourth-order valence-electron chi connectivity index (χ4n) is 0.898. The SMILES string of the molecule is COCCO.Cc1cccc(C)c1. The minimum atomic E-state index is 0.122. The molecule has 0 unspecified atom stereocenters. The van der Waals surface area contributed by atoms with Gasteiger partial charge in [-0.15, -0.1) is 0 Å². The van der Waals surface area contributed by atoms with Gasteiger partial charge in [0, 0.05) is 7.11 Å². The Kier molecular flexibility index (Phi) is 7.26. The second-order valence-corrected chi connectivity index (χ2v) is 2.87. The van der Waals surface area contributed by atoms with Crippen LogP contribution in [0, 0.1) is 13.8 Å². The molecule has 1 aromatic carbocycles. The van der Waals surface area contributed by atoms with Crippen LogP contribution in [0.3, 0.4) is 0 Å². The van der Waals surface area contributed by atoms with E-state index in [0.717, 1.165) is 0 Å². The lowest BCUT2D eigenvalue weighted by molar-refractivity contribution is 0.135. The van der Waals surface area contributed by atoms with Crippen molar-refractivity contribution in [2.45, 2.75) is 13.8 Å². The van der Waals surface area contributed by atoms with Crippen LogP contribution in [0.25, 0.3) is 0 Å². The quantitative estimate of drug-likeness (QED) is 0.757. The Morgan fingerprint density at radius 2 is 1.77 bits per heavy atom. The molecule has 0 atom stereocenters. The molecule has 1 N–H and O–H groups in total. The van der Waals surface area contributed by atoms with Gasteiger partial charge in [0.25, 0.3) is 0 Å². The second-order valence-electron chi connectivity index (χ2n) is 2.87. The molecule has 0 aliphatic heterocycles. The Balaban J connectivity index is 0.000000252. The molecular weight excluding hydrogens is 164 g/mol. The summed E-state index contributed by atoms with van der Waals surface area (Å²) >= 11 is 0. The van der Waals surface area contributed by atoms with Crippen LogP contribution in [0.15, 0.2) is 24.3 Å². The van der Waals surface area contributed by atoms with Crippen molar-refractivity contribution in [1.82, 2.24) is 0 Å². The molecular formula is C11H18O2. The lowest BCUT2D eigenvalue weighted by atomic mass is 10.2. The molecule has 74 valence electrons. The van der Waals surface area contributed by atoms with Gasteiger partial charge in [0.15, 0.2) is 0 Å². The molecule has 2 heteroatoms. The van der Waals surface area contributed by atoms with Crippen molar-refractivity contribution in [3.63, 3.8) is 0 Å². The highest BCUT2D eigenvalue weighted by atomic mass is 16.5. The van der Waals surface area contributed by atoms with E-state index < -0.39 is 0 Å². The number of hydrogen-bond acceptors (Lipinski definition) is 2. The van der Waals surface area contributed by atoms with Crippen LogP contribution in [0.5, 0.6) is 0 Å². The van der Waals surface area contributed by atoms with Crippen molar-refractivity contribution < 1.29 is 9.84 Å². The molecule has 0 bridgehead atoms. The molecule has 0 radical (unpaired) electrons. The molecule has 0 spiro atoms. The Morgan fingerprint density at radius 3 is 1.92 bits per heavy atom. The average Bonchev–Trinajstić information content (AvgIpc) is 2.06. The number of rotatable bonds is 2. The third kappa shape index (κ3) is 7.50. The van der Waals surface area contributed by atoms with Crippen LogP contribution in [0.1, 0.15) is 11.1 Å². The van der Waals surface area contributed by atoms with Crippen LogP contribution in [0.4, 0.5) is 0 Å². The fourth-order valence-corrected chi connectivity index (χ4v) is 0.898. The zero-order chi connectivity index (χ0) is 10.1. The maximum absolute atomic E-state index is 7.94. The molecule has 0 heterocycles. The largest absolute Gasteiger partial charge is 0.394 e. The van der Waals surface area contributed by atoms with Gasteiger partial charge in [0.2, 0.25) is 0 Å². The van der Waals surface area contributed by atoms with Gasteiger partial charge in [-0.05, 0) is 13.8 Å². The molecule has 0 fully saturated rings. The van der Waals surface area contributed by atoms with Gasteiger partial charge in [-0.25, -0.2) is 0 Å². The maximum Gasteiger partial charge on any atom is 0.0693 e. The van der Waals surface area contributed by atoms with E-state index in [1.165, 1.54) is 11.1 Å².